The summed E-state index contributed by atoms with van der Waals surface area (Å²) in [4.78, 5) is 38.1. The lowest BCUT2D eigenvalue weighted by Gasteiger charge is -2.34. The van der Waals surface area contributed by atoms with Crippen LogP contribution < -0.4 is 10.6 Å². The first-order chi connectivity index (χ1) is 10.1. The molecule has 6 nitrogen and oxygen atoms in total. The van der Waals surface area contributed by atoms with E-state index in [2.05, 4.69) is 22.1 Å². The van der Waals surface area contributed by atoms with Crippen LogP contribution in [0.2, 0.25) is 0 Å². The van der Waals surface area contributed by atoms with Crippen LogP contribution in [0.5, 0.6) is 0 Å². The monoisotopic (exact) mass is 307 g/mol. The number of imide groups is 1. The molecule has 0 aromatic carbocycles. The van der Waals surface area contributed by atoms with Gasteiger partial charge in [-0.3, -0.25) is 14.9 Å². The van der Waals surface area contributed by atoms with Crippen molar-refractivity contribution in [2.75, 3.05) is 6.54 Å². The zero-order valence-electron chi connectivity index (χ0n) is 11.7. The molecule has 0 unspecified atom stereocenters. The Labute approximate surface area is 126 Å². The molecule has 1 saturated heterocycles. The minimum atomic E-state index is -0.585. The third-order valence-corrected chi connectivity index (χ3v) is 5.10. The minimum Gasteiger partial charge on any atom is -0.336 e. The molecule has 1 aromatic rings. The highest BCUT2D eigenvalue weighted by Gasteiger charge is 2.32. The number of carbonyl (C=O) groups excluding carboxylic acids is 3. The number of hydrogen-bond donors (Lipinski definition) is 2. The molecule has 3 rings (SSSR count). The maximum Gasteiger partial charge on any atom is 0.322 e. The SMILES string of the molecule is C[C@@H]1c2ccsc2CCN1C(=O)CC[C@@H]1NC(=O)NC1=O. The van der Waals surface area contributed by atoms with Gasteiger partial charge in [0.15, 0.2) is 0 Å². The second kappa shape index (κ2) is 5.48. The molecule has 2 aliphatic rings. The average molecular weight is 307 g/mol. The highest BCUT2D eigenvalue weighted by atomic mass is 32.1. The lowest BCUT2D eigenvalue weighted by molar-refractivity contribution is -0.134. The Hall–Kier alpha value is -1.89. The molecule has 4 amide bonds. The van der Waals surface area contributed by atoms with Crippen molar-refractivity contribution >= 4 is 29.2 Å². The van der Waals surface area contributed by atoms with Gasteiger partial charge in [-0.25, -0.2) is 4.79 Å². The molecular weight excluding hydrogens is 290 g/mol. The van der Waals surface area contributed by atoms with Gasteiger partial charge in [0.2, 0.25) is 5.91 Å². The van der Waals surface area contributed by atoms with Gasteiger partial charge in [-0.1, -0.05) is 0 Å². The number of nitrogens with zero attached hydrogens (tertiary/aromatic N) is 1. The Kier molecular flexibility index (Phi) is 3.67. The van der Waals surface area contributed by atoms with Gasteiger partial charge < -0.3 is 10.2 Å². The van der Waals surface area contributed by atoms with Crippen LogP contribution in [0.1, 0.15) is 36.2 Å². The van der Waals surface area contributed by atoms with E-state index in [1.54, 1.807) is 11.3 Å². The lowest BCUT2D eigenvalue weighted by Crippen LogP contribution is -2.39. The van der Waals surface area contributed by atoms with E-state index in [1.807, 2.05) is 11.8 Å². The van der Waals surface area contributed by atoms with E-state index in [0.29, 0.717) is 6.42 Å². The Bertz CT molecular complexity index is 598. The molecule has 1 aromatic heterocycles. The number of fused-ring (bicyclic) bond motifs is 1. The summed E-state index contributed by atoms with van der Waals surface area (Å²) in [6.45, 7) is 2.75. The number of rotatable bonds is 3. The summed E-state index contributed by atoms with van der Waals surface area (Å²) in [6.07, 6.45) is 1.50. The standard InChI is InChI=1S/C14H17N3O3S/c1-8-9-5-7-21-11(9)4-6-17(8)12(18)3-2-10-13(19)16-14(20)15-10/h5,7-8,10H,2-4,6H2,1H3,(H2,15,16,19,20)/t8-,10+/m1/s1. The molecule has 0 spiro atoms. The highest BCUT2D eigenvalue weighted by molar-refractivity contribution is 7.10. The molecule has 7 heteroatoms. The van der Waals surface area contributed by atoms with Crippen molar-refractivity contribution in [2.45, 2.75) is 38.3 Å². The van der Waals surface area contributed by atoms with E-state index >= 15 is 0 Å². The van der Waals surface area contributed by atoms with Crippen LogP contribution in [0.3, 0.4) is 0 Å². The quantitative estimate of drug-likeness (QED) is 0.823. The molecule has 0 bridgehead atoms. The van der Waals surface area contributed by atoms with Crippen LogP contribution >= 0.6 is 11.3 Å². The minimum absolute atomic E-state index is 0.0355. The molecule has 21 heavy (non-hydrogen) atoms. The zero-order valence-corrected chi connectivity index (χ0v) is 12.5. The van der Waals surface area contributed by atoms with E-state index in [1.165, 1.54) is 10.4 Å². The van der Waals surface area contributed by atoms with E-state index < -0.39 is 12.1 Å². The zero-order chi connectivity index (χ0) is 15.0. The molecule has 2 N–H and O–H groups in total. The fourth-order valence-corrected chi connectivity index (χ4v) is 3.89. The number of amides is 4. The predicted octanol–water partition coefficient (Wildman–Crippen LogP) is 1.18. The van der Waals surface area contributed by atoms with Crippen molar-refractivity contribution in [3.05, 3.63) is 21.9 Å². The summed E-state index contributed by atoms with van der Waals surface area (Å²) < 4.78 is 0. The van der Waals surface area contributed by atoms with Crippen LogP contribution in [0.4, 0.5) is 4.79 Å². The maximum absolute atomic E-state index is 12.4. The molecule has 2 atom stereocenters. The highest BCUT2D eigenvalue weighted by Crippen LogP contribution is 2.33. The molecule has 1 fully saturated rings. The fraction of sp³-hybridized carbons (Fsp3) is 0.500. The van der Waals surface area contributed by atoms with E-state index in [0.717, 1.165) is 13.0 Å². The molecule has 112 valence electrons. The first-order valence-corrected chi connectivity index (χ1v) is 7.91. The van der Waals surface area contributed by atoms with Gasteiger partial charge in [-0.05, 0) is 36.8 Å². The van der Waals surface area contributed by atoms with E-state index in [9.17, 15) is 14.4 Å². The smallest absolute Gasteiger partial charge is 0.322 e. The number of urea groups is 1. The van der Waals surface area contributed by atoms with Gasteiger partial charge >= 0.3 is 6.03 Å². The van der Waals surface area contributed by atoms with E-state index in [-0.39, 0.29) is 24.3 Å². The number of thiophene rings is 1. The molecule has 0 radical (unpaired) electrons. The Morgan fingerprint density at radius 2 is 2.29 bits per heavy atom. The van der Waals surface area contributed by atoms with Gasteiger partial charge in [0.25, 0.3) is 5.91 Å². The van der Waals surface area contributed by atoms with E-state index in [4.69, 9.17) is 0 Å². The van der Waals surface area contributed by atoms with Crippen LogP contribution in [0.25, 0.3) is 0 Å². The van der Waals surface area contributed by atoms with Crippen molar-refractivity contribution in [3.8, 4) is 0 Å². The summed E-state index contributed by atoms with van der Waals surface area (Å²) in [5.74, 6) is -0.312. The topological polar surface area (TPSA) is 78.5 Å². The van der Waals surface area contributed by atoms with Gasteiger partial charge in [0.05, 0.1) is 6.04 Å². The van der Waals surface area contributed by atoms with Crippen LogP contribution in [0, 0.1) is 0 Å². The Morgan fingerprint density at radius 3 is 3.00 bits per heavy atom. The Morgan fingerprint density at radius 1 is 1.48 bits per heavy atom. The molecular formula is C14H17N3O3S. The summed E-state index contributed by atoms with van der Waals surface area (Å²) in [6, 6.07) is 1.10. The van der Waals surface area contributed by atoms with Crippen molar-refractivity contribution in [1.29, 1.82) is 0 Å². The van der Waals surface area contributed by atoms with Crippen LogP contribution in [-0.4, -0.2) is 35.3 Å². The van der Waals surface area contributed by atoms with Gasteiger partial charge in [-0.15, -0.1) is 11.3 Å². The second-order valence-electron chi connectivity index (χ2n) is 5.37. The van der Waals surface area contributed by atoms with Gasteiger partial charge in [0.1, 0.15) is 6.04 Å². The second-order valence-corrected chi connectivity index (χ2v) is 6.37. The van der Waals surface area contributed by atoms with Crippen LogP contribution in [0.15, 0.2) is 11.4 Å². The molecule has 0 aliphatic carbocycles. The summed E-state index contributed by atoms with van der Waals surface area (Å²) >= 11 is 1.74. The van der Waals surface area contributed by atoms with Crippen LogP contribution in [-0.2, 0) is 16.0 Å². The Balaban J connectivity index is 1.59. The largest absolute Gasteiger partial charge is 0.336 e. The van der Waals surface area contributed by atoms with Crippen molar-refractivity contribution in [2.24, 2.45) is 0 Å². The molecule has 2 aliphatic heterocycles. The lowest BCUT2D eigenvalue weighted by atomic mass is 10.0. The molecule has 3 heterocycles. The molecule has 0 saturated carbocycles. The van der Waals surface area contributed by atoms with Crippen molar-refractivity contribution in [1.82, 2.24) is 15.5 Å². The van der Waals surface area contributed by atoms with Gasteiger partial charge in [0, 0.05) is 17.8 Å². The summed E-state index contributed by atoms with van der Waals surface area (Å²) in [5.41, 5.74) is 1.23. The third-order valence-electron chi connectivity index (χ3n) is 4.10. The number of carbonyl (C=O) groups is 3. The normalized spacial score (nSPS) is 24.5. The first-order valence-electron chi connectivity index (χ1n) is 7.03. The maximum atomic E-state index is 12.4. The van der Waals surface area contributed by atoms with Gasteiger partial charge in [-0.2, -0.15) is 0 Å². The number of hydrogen-bond acceptors (Lipinski definition) is 4. The summed E-state index contributed by atoms with van der Waals surface area (Å²) in [5, 5.41) is 6.75. The average Bonchev–Trinajstić information content (AvgIpc) is 3.03. The predicted molar refractivity (Wildman–Crippen MR) is 77.8 cm³/mol. The summed E-state index contributed by atoms with van der Waals surface area (Å²) in [7, 11) is 0. The van der Waals surface area contributed by atoms with Crippen molar-refractivity contribution < 1.29 is 14.4 Å². The fourth-order valence-electron chi connectivity index (χ4n) is 2.92. The third kappa shape index (κ3) is 2.65. The van der Waals surface area contributed by atoms with Crippen molar-refractivity contribution in [3.63, 3.8) is 0 Å². The first kappa shape index (κ1) is 14.1. The number of nitrogens with one attached hydrogen (secondary N) is 2.